The summed E-state index contributed by atoms with van der Waals surface area (Å²) >= 11 is 0. The molecule has 3 fully saturated rings. The van der Waals surface area contributed by atoms with E-state index in [1.165, 1.54) is 19.3 Å². The minimum atomic E-state index is -0.0106. The van der Waals surface area contributed by atoms with Gasteiger partial charge in [0.1, 0.15) is 0 Å². The van der Waals surface area contributed by atoms with Gasteiger partial charge in [-0.1, -0.05) is 12.1 Å². The second-order valence-electron chi connectivity index (χ2n) is 7.58. The van der Waals surface area contributed by atoms with Gasteiger partial charge in [-0.15, -0.1) is 0 Å². The standard InChI is InChI=1S/C19H26N2O2/c20-18-15-7-6-14(9-15)17(18)19(22)21-16-3-1-2-13(8-16)11-23-10-12-4-5-12/h1-3,8,12,14-15,17-18H,4-7,9-11,20H2,(H,21,22). The maximum absolute atomic E-state index is 12.6. The van der Waals surface area contributed by atoms with Crippen molar-refractivity contribution < 1.29 is 9.53 Å². The Balaban J connectivity index is 1.35. The molecule has 0 saturated heterocycles. The highest BCUT2D eigenvalue weighted by Crippen LogP contribution is 2.47. The topological polar surface area (TPSA) is 64.4 Å². The summed E-state index contributed by atoms with van der Waals surface area (Å²) in [6, 6.07) is 8.03. The number of hydrogen-bond acceptors (Lipinski definition) is 3. The molecule has 4 heteroatoms. The molecule has 0 spiro atoms. The summed E-state index contributed by atoms with van der Waals surface area (Å²) in [5.74, 6) is 1.90. The second kappa shape index (κ2) is 6.25. The summed E-state index contributed by atoms with van der Waals surface area (Å²) in [6.45, 7) is 1.48. The average Bonchev–Trinajstić information content (AvgIpc) is 3.14. The number of carbonyl (C=O) groups is 1. The molecule has 4 rings (SSSR count). The Morgan fingerprint density at radius 1 is 1.22 bits per heavy atom. The van der Waals surface area contributed by atoms with Crippen LogP contribution in [0.3, 0.4) is 0 Å². The Kier molecular flexibility index (Phi) is 4.12. The van der Waals surface area contributed by atoms with Crippen LogP contribution in [0.4, 0.5) is 5.69 Å². The van der Waals surface area contributed by atoms with Gasteiger partial charge < -0.3 is 15.8 Å². The van der Waals surface area contributed by atoms with E-state index in [-0.39, 0.29) is 17.9 Å². The zero-order valence-electron chi connectivity index (χ0n) is 13.5. The van der Waals surface area contributed by atoms with Gasteiger partial charge in [0, 0.05) is 18.3 Å². The summed E-state index contributed by atoms with van der Waals surface area (Å²) in [6.07, 6.45) is 6.10. The van der Waals surface area contributed by atoms with Gasteiger partial charge in [0.25, 0.3) is 0 Å². The van der Waals surface area contributed by atoms with Crippen LogP contribution in [0.15, 0.2) is 24.3 Å². The molecule has 1 aromatic carbocycles. The average molecular weight is 314 g/mol. The van der Waals surface area contributed by atoms with Crippen LogP contribution in [0.5, 0.6) is 0 Å². The summed E-state index contributed by atoms with van der Waals surface area (Å²) < 4.78 is 5.73. The first-order chi connectivity index (χ1) is 11.2. The van der Waals surface area contributed by atoms with E-state index in [1.54, 1.807) is 0 Å². The van der Waals surface area contributed by atoms with Gasteiger partial charge in [0.15, 0.2) is 0 Å². The zero-order valence-corrected chi connectivity index (χ0v) is 13.5. The van der Waals surface area contributed by atoms with Crippen LogP contribution in [0.1, 0.15) is 37.7 Å². The van der Waals surface area contributed by atoms with Crippen LogP contribution < -0.4 is 11.1 Å². The van der Waals surface area contributed by atoms with Gasteiger partial charge in [0.05, 0.1) is 12.5 Å². The minimum absolute atomic E-state index is 0.0106. The second-order valence-corrected chi connectivity index (χ2v) is 7.58. The molecular formula is C19H26N2O2. The molecule has 2 bridgehead atoms. The number of carbonyl (C=O) groups excluding carboxylic acids is 1. The molecule has 4 unspecified atom stereocenters. The maximum Gasteiger partial charge on any atom is 0.229 e. The van der Waals surface area contributed by atoms with Crippen LogP contribution in [-0.2, 0) is 16.1 Å². The van der Waals surface area contributed by atoms with Gasteiger partial charge in [-0.25, -0.2) is 0 Å². The number of fused-ring (bicyclic) bond motifs is 2. The molecule has 4 atom stereocenters. The molecule has 0 aromatic heterocycles. The van der Waals surface area contributed by atoms with E-state index < -0.39 is 0 Å². The van der Waals surface area contributed by atoms with Crippen LogP contribution >= 0.6 is 0 Å². The van der Waals surface area contributed by atoms with E-state index in [1.807, 2.05) is 24.3 Å². The van der Waals surface area contributed by atoms with E-state index in [9.17, 15) is 4.79 Å². The normalized spacial score (nSPS) is 32.2. The lowest BCUT2D eigenvalue weighted by Crippen LogP contribution is -2.42. The third-order valence-corrected chi connectivity index (χ3v) is 5.80. The lowest BCUT2D eigenvalue weighted by atomic mass is 9.84. The number of nitrogens with one attached hydrogen (secondary N) is 1. The predicted molar refractivity (Wildman–Crippen MR) is 89.7 cm³/mol. The van der Waals surface area contributed by atoms with E-state index in [4.69, 9.17) is 10.5 Å². The molecule has 0 radical (unpaired) electrons. The Morgan fingerprint density at radius 3 is 2.78 bits per heavy atom. The number of benzene rings is 1. The first-order valence-corrected chi connectivity index (χ1v) is 8.94. The lowest BCUT2D eigenvalue weighted by molar-refractivity contribution is -0.121. The van der Waals surface area contributed by atoms with Crippen molar-refractivity contribution in [2.75, 3.05) is 11.9 Å². The molecule has 3 aliphatic rings. The highest BCUT2D eigenvalue weighted by atomic mass is 16.5. The molecule has 3 N–H and O–H groups in total. The van der Waals surface area contributed by atoms with Crippen LogP contribution in [0.2, 0.25) is 0 Å². The van der Waals surface area contributed by atoms with Crippen molar-refractivity contribution in [3.63, 3.8) is 0 Å². The fourth-order valence-corrected chi connectivity index (χ4v) is 4.32. The number of hydrogen-bond donors (Lipinski definition) is 2. The van der Waals surface area contributed by atoms with Gasteiger partial charge in [-0.3, -0.25) is 4.79 Å². The smallest absolute Gasteiger partial charge is 0.229 e. The van der Waals surface area contributed by atoms with E-state index in [0.717, 1.165) is 36.6 Å². The Hall–Kier alpha value is -1.39. The van der Waals surface area contributed by atoms with Gasteiger partial charge in [0.2, 0.25) is 5.91 Å². The predicted octanol–water partition coefficient (Wildman–Crippen LogP) is 2.93. The van der Waals surface area contributed by atoms with E-state index >= 15 is 0 Å². The van der Waals surface area contributed by atoms with E-state index in [0.29, 0.717) is 18.4 Å². The Morgan fingerprint density at radius 2 is 2.04 bits per heavy atom. The fraction of sp³-hybridized carbons (Fsp3) is 0.632. The summed E-state index contributed by atoms with van der Waals surface area (Å²) in [4.78, 5) is 12.6. The van der Waals surface area contributed by atoms with Crippen LogP contribution in [0.25, 0.3) is 0 Å². The first-order valence-electron chi connectivity index (χ1n) is 8.94. The fourth-order valence-electron chi connectivity index (χ4n) is 4.32. The molecule has 1 aromatic rings. The molecule has 4 nitrogen and oxygen atoms in total. The van der Waals surface area contributed by atoms with Crippen molar-refractivity contribution in [1.82, 2.24) is 0 Å². The summed E-state index contributed by atoms with van der Waals surface area (Å²) in [5, 5.41) is 3.08. The summed E-state index contributed by atoms with van der Waals surface area (Å²) in [5.41, 5.74) is 8.24. The van der Waals surface area contributed by atoms with Gasteiger partial charge in [-0.2, -0.15) is 0 Å². The summed E-state index contributed by atoms with van der Waals surface area (Å²) in [7, 11) is 0. The van der Waals surface area contributed by atoms with Crippen molar-refractivity contribution in [3.05, 3.63) is 29.8 Å². The third-order valence-electron chi connectivity index (χ3n) is 5.80. The number of rotatable bonds is 6. The third kappa shape index (κ3) is 3.29. The van der Waals surface area contributed by atoms with Gasteiger partial charge in [-0.05, 0) is 67.6 Å². The van der Waals surface area contributed by atoms with Crippen LogP contribution in [-0.4, -0.2) is 18.6 Å². The minimum Gasteiger partial charge on any atom is -0.376 e. The molecule has 3 saturated carbocycles. The molecular weight excluding hydrogens is 288 g/mol. The van der Waals surface area contributed by atoms with Crippen molar-refractivity contribution in [2.45, 2.75) is 44.8 Å². The number of nitrogens with two attached hydrogens (primary N) is 1. The molecule has 0 aliphatic heterocycles. The molecule has 1 amide bonds. The van der Waals surface area contributed by atoms with Crippen molar-refractivity contribution >= 4 is 11.6 Å². The van der Waals surface area contributed by atoms with Crippen LogP contribution in [0, 0.1) is 23.7 Å². The van der Waals surface area contributed by atoms with Gasteiger partial charge >= 0.3 is 0 Å². The Bertz CT molecular complexity index is 582. The first kappa shape index (κ1) is 15.2. The molecule has 124 valence electrons. The Labute approximate surface area is 137 Å². The number of ether oxygens (including phenoxy) is 1. The monoisotopic (exact) mass is 314 g/mol. The maximum atomic E-state index is 12.6. The molecule has 3 aliphatic carbocycles. The van der Waals surface area contributed by atoms with Crippen molar-refractivity contribution in [1.29, 1.82) is 0 Å². The van der Waals surface area contributed by atoms with E-state index in [2.05, 4.69) is 5.32 Å². The number of amides is 1. The largest absolute Gasteiger partial charge is 0.376 e. The number of anilines is 1. The van der Waals surface area contributed by atoms with Crippen molar-refractivity contribution in [3.8, 4) is 0 Å². The molecule has 23 heavy (non-hydrogen) atoms. The highest BCUT2D eigenvalue weighted by molar-refractivity contribution is 5.93. The SMILES string of the molecule is NC1C2CCC(C2)C1C(=O)Nc1cccc(COCC2CC2)c1. The quantitative estimate of drug-likeness (QED) is 0.848. The molecule has 0 heterocycles. The van der Waals surface area contributed by atoms with Crippen molar-refractivity contribution in [2.24, 2.45) is 29.4 Å². The zero-order chi connectivity index (χ0) is 15.8. The highest BCUT2D eigenvalue weighted by Gasteiger charge is 2.49. The lowest BCUT2D eigenvalue weighted by Gasteiger charge is -2.27.